The Labute approximate surface area is 151 Å². The van der Waals surface area contributed by atoms with Crippen LogP contribution < -0.4 is 9.47 Å². The van der Waals surface area contributed by atoms with E-state index in [9.17, 15) is 4.79 Å². The van der Waals surface area contributed by atoms with E-state index in [0.29, 0.717) is 42.6 Å². The molecule has 0 atom stereocenters. The molecule has 0 fully saturated rings. The first-order chi connectivity index (χ1) is 12.2. The number of para-hydroxylation sites is 1. The van der Waals surface area contributed by atoms with E-state index in [1.807, 2.05) is 56.3 Å². The molecule has 5 heteroatoms. The molecule has 0 saturated carbocycles. The van der Waals surface area contributed by atoms with Crippen LogP contribution in [-0.2, 0) is 11.2 Å². The molecule has 0 unspecified atom stereocenters. The van der Waals surface area contributed by atoms with Gasteiger partial charge in [-0.2, -0.15) is 0 Å². The van der Waals surface area contributed by atoms with Gasteiger partial charge >= 0.3 is 0 Å². The molecule has 3 aromatic rings. The molecule has 0 saturated heterocycles. The summed E-state index contributed by atoms with van der Waals surface area (Å²) in [7, 11) is 0. The molecule has 130 valence electrons. The molecular weight excluding hydrogens is 334 g/mol. The van der Waals surface area contributed by atoms with E-state index < -0.39 is 0 Å². The van der Waals surface area contributed by atoms with Crippen LogP contribution in [0.5, 0.6) is 16.7 Å². The van der Waals surface area contributed by atoms with Gasteiger partial charge in [0.15, 0.2) is 11.5 Å². The largest absolute Gasteiger partial charge is 0.490 e. The fourth-order valence-corrected chi connectivity index (χ4v) is 3.34. The number of benzene rings is 2. The fraction of sp³-hybridized carbons (Fsp3) is 0.300. The minimum Gasteiger partial charge on any atom is -0.490 e. The summed E-state index contributed by atoms with van der Waals surface area (Å²) in [5.41, 5.74) is 2.00. The minimum atomic E-state index is 0.271. The summed E-state index contributed by atoms with van der Waals surface area (Å²) in [6.07, 6.45) is 1.85. The highest BCUT2D eigenvalue weighted by Crippen LogP contribution is 2.36. The molecule has 0 amide bonds. The number of carbonyl (C=O) groups is 1. The first-order valence-corrected chi connectivity index (χ1v) is 9.32. The lowest BCUT2D eigenvalue weighted by atomic mass is 10.1. The number of ether oxygens (including phenoxy) is 2. The first kappa shape index (κ1) is 17.4. The maximum absolute atomic E-state index is 11.5. The Hall–Kier alpha value is -2.40. The number of Topliss-reactive ketones (excluding diaryl/α,β-unsaturated/α-hetero) is 1. The molecule has 4 nitrogen and oxygen atoms in total. The Bertz CT molecular complexity index is 839. The molecule has 2 aromatic carbocycles. The third-order valence-corrected chi connectivity index (χ3v) is 4.78. The highest BCUT2D eigenvalue weighted by Gasteiger charge is 2.11. The van der Waals surface area contributed by atoms with Crippen molar-refractivity contribution in [2.75, 3.05) is 6.61 Å². The van der Waals surface area contributed by atoms with Crippen LogP contribution in [0.2, 0.25) is 0 Å². The molecule has 0 spiro atoms. The topological polar surface area (TPSA) is 48.4 Å². The smallest absolute Gasteiger partial charge is 0.279 e. The van der Waals surface area contributed by atoms with Crippen LogP contribution in [0.4, 0.5) is 0 Å². The number of rotatable bonds is 8. The van der Waals surface area contributed by atoms with Gasteiger partial charge in [-0.05, 0) is 43.2 Å². The molecule has 3 rings (SSSR count). The van der Waals surface area contributed by atoms with E-state index in [1.165, 1.54) is 11.3 Å². The summed E-state index contributed by atoms with van der Waals surface area (Å²) in [5, 5.41) is 0.594. The van der Waals surface area contributed by atoms with Crippen LogP contribution in [0.1, 0.15) is 32.3 Å². The van der Waals surface area contributed by atoms with Crippen LogP contribution in [0, 0.1) is 0 Å². The van der Waals surface area contributed by atoms with Crippen molar-refractivity contribution in [2.45, 2.75) is 33.1 Å². The number of ketones is 1. The van der Waals surface area contributed by atoms with Gasteiger partial charge in [0, 0.05) is 12.8 Å². The zero-order valence-electron chi connectivity index (χ0n) is 14.5. The molecule has 1 aromatic heterocycles. The van der Waals surface area contributed by atoms with Gasteiger partial charge in [-0.25, -0.2) is 4.98 Å². The van der Waals surface area contributed by atoms with Gasteiger partial charge in [-0.3, -0.25) is 4.79 Å². The van der Waals surface area contributed by atoms with E-state index in [2.05, 4.69) is 4.98 Å². The lowest BCUT2D eigenvalue weighted by Crippen LogP contribution is -2.00. The predicted octanol–water partition coefficient (Wildman–Crippen LogP) is 5.40. The second-order valence-electron chi connectivity index (χ2n) is 5.66. The van der Waals surface area contributed by atoms with Crippen molar-refractivity contribution in [3.05, 3.63) is 48.0 Å². The van der Waals surface area contributed by atoms with Crippen LogP contribution >= 0.6 is 11.3 Å². The van der Waals surface area contributed by atoms with Crippen molar-refractivity contribution < 1.29 is 14.3 Å². The van der Waals surface area contributed by atoms with Crippen LogP contribution in [0.3, 0.4) is 0 Å². The molecule has 0 bridgehead atoms. The van der Waals surface area contributed by atoms with Gasteiger partial charge in [0.25, 0.3) is 5.19 Å². The molecule has 0 radical (unpaired) electrons. The predicted molar refractivity (Wildman–Crippen MR) is 101 cm³/mol. The van der Waals surface area contributed by atoms with Gasteiger partial charge in [-0.1, -0.05) is 36.5 Å². The van der Waals surface area contributed by atoms with Crippen molar-refractivity contribution >= 4 is 27.3 Å². The van der Waals surface area contributed by atoms with E-state index >= 15 is 0 Å². The second-order valence-corrected chi connectivity index (χ2v) is 6.65. The van der Waals surface area contributed by atoms with Crippen molar-refractivity contribution in [2.24, 2.45) is 0 Å². The molecule has 0 aliphatic rings. The van der Waals surface area contributed by atoms with Crippen LogP contribution in [-0.4, -0.2) is 17.4 Å². The van der Waals surface area contributed by atoms with E-state index in [1.54, 1.807) is 0 Å². The Morgan fingerprint density at radius 2 is 1.96 bits per heavy atom. The van der Waals surface area contributed by atoms with Gasteiger partial charge in [0.2, 0.25) is 0 Å². The van der Waals surface area contributed by atoms with Gasteiger partial charge in [-0.15, -0.1) is 0 Å². The lowest BCUT2D eigenvalue weighted by molar-refractivity contribution is -0.118. The van der Waals surface area contributed by atoms with Crippen molar-refractivity contribution in [1.82, 2.24) is 4.98 Å². The fourth-order valence-electron chi connectivity index (χ4n) is 2.51. The van der Waals surface area contributed by atoms with E-state index in [-0.39, 0.29) is 5.78 Å². The number of fused-ring (bicyclic) bond motifs is 1. The maximum Gasteiger partial charge on any atom is 0.279 e. The summed E-state index contributed by atoms with van der Waals surface area (Å²) in [6, 6.07) is 13.8. The average Bonchev–Trinajstić information content (AvgIpc) is 3.04. The third kappa shape index (κ3) is 4.37. The van der Waals surface area contributed by atoms with Crippen LogP contribution in [0.25, 0.3) is 10.2 Å². The zero-order chi connectivity index (χ0) is 17.6. The standard InChI is InChI=1S/C20H21NO3S/c1-3-15(22)11-9-14-10-12-17(18(13-14)23-4-2)24-20-21-16-7-5-6-8-19(16)25-20/h5-8,10,12-13H,3-4,9,11H2,1-2H3. The van der Waals surface area contributed by atoms with Gasteiger partial charge in [0.1, 0.15) is 5.78 Å². The third-order valence-electron chi connectivity index (χ3n) is 3.87. The van der Waals surface area contributed by atoms with E-state index in [4.69, 9.17) is 9.47 Å². The van der Waals surface area contributed by atoms with Crippen molar-refractivity contribution in [3.63, 3.8) is 0 Å². The molecule has 0 N–H and O–H groups in total. The summed E-state index contributed by atoms with van der Waals surface area (Å²) in [4.78, 5) is 16.0. The number of carbonyl (C=O) groups excluding carboxylic acids is 1. The van der Waals surface area contributed by atoms with Crippen LogP contribution in [0.15, 0.2) is 42.5 Å². The molecule has 1 heterocycles. The Balaban J connectivity index is 1.80. The Kier molecular flexibility index (Phi) is 5.66. The SMILES string of the molecule is CCOc1cc(CCC(=O)CC)ccc1Oc1nc2ccccc2s1. The van der Waals surface area contributed by atoms with E-state index in [0.717, 1.165) is 15.8 Å². The minimum absolute atomic E-state index is 0.271. The number of aryl methyl sites for hydroxylation is 1. The normalized spacial score (nSPS) is 10.8. The summed E-state index contributed by atoms with van der Waals surface area (Å²) in [5.74, 6) is 1.60. The summed E-state index contributed by atoms with van der Waals surface area (Å²) < 4.78 is 12.8. The van der Waals surface area contributed by atoms with Gasteiger partial charge < -0.3 is 9.47 Å². The zero-order valence-corrected chi connectivity index (χ0v) is 15.3. The number of nitrogens with zero attached hydrogens (tertiary/aromatic N) is 1. The number of hydrogen-bond acceptors (Lipinski definition) is 5. The lowest BCUT2D eigenvalue weighted by Gasteiger charge is -2.11. The Morgan fingerprint density at radius 1 is 1.12 bits per heavy atom. The van der Waals surface area contributed by atoms with Gasteiger partial charge in [0.05, 0.1) is 16.8 Å². The number of hydrogen-bond donors (Lipinski definition) is 0. The number of aromatic nitrogens is 1. The first-order valence-electron chi connectivity index (χ1n) is 8.50. The molecule has 0 aliphatic carbocycles. The monoisotopic (exact) mass is 355 g/mol. The second kappa shape index (κ2) is 8.12. The molecule has 25 heavy (non-hydrogen) atoms. The summed E-state index contributed by atoms with van der Waals surface area (Å²) >= 11 is 1.51. The Morgan fingerprint density at radius 3 is 2.72 bits per heavy atom. The highest BCUT2D eigenvalue weighted by atomic mass is 32.1. The summed E-state index contributed by atoms with van der Waals surface area (Å²) in [6.45, 7) is 4.38. The van der Waals surface area contributed by atoms with Crippen molar-refractivity contribution in [3.8, 4) is 16.7 Å². The molecule has 0 aliphatic heterocycles. The quantitative estimate of drug-likeness (QED) is 0.543. The maximum atomic E-state index is 11.5. The highest BCUT2D eigenvalue weighted by molar-refractivity contribution is 7.20. The average molecular weight is 355 g/mol. The molecular formula is C20H21NO3S. The van der Waals surface area contributed by atoms with Crippen molar-refractivity contribution in [1.29, 1.82) is 0 Å². The number of thiazole rings is 1.